The number of methoxy groups -OCH3 is 1. The van der Waals surface area contributed by atoms with Gasteiger partial charge < -0.3 is 14.2 Å². The Kier molecular flexibility index (Phi) is 7.38. The highest BCUT2D eigenvalue weighted by Gasteiger charge is 2.22. The van der Waals surface area contributed by atoms with Crippen LogP contribution in [0.25, 0.3) is 0 Å². The summed E-state index contributed by atoms with van der Waals surface area (Å²) in [6.45, 7) is 3.00. The summed E-state index contributed by atoms with van der Waals surface area (Å²) >= 11 is 1.62. The van der Waals surface area contributed by atoms with Crippen molar-refractivity contribution in [3.05, 3.63) is 77.1 Å². The third kappa shape index (κ3) is 5.35. The molecule has 0 bridgehead atoms. The third-order valence-electron chi connectivity index (χ3n) is 5.52. The number of benzene rings is 2. The van der Waals surface area contributed by atoms with Crippen molar-refractivity contribution < 1.29 is 9.53 Å². The van der Waals surface area contributed by atoms with Crippen molar-refractivity contribution in [1.29, 1.82) is 0 Å². The largest absolute Gasteiger partial charge is 0.383 e. The van der Waals surface area contributed by atoms with Crippen molar-refractivity contribution in [3.8, 4) is 0 Å². The molecule has 1 aliphatic heterocycles. The molecule has 1 amide bonds. The van der Waals surface area contributed by atoms with Crippen LogP contribution in [0.2, 0.25) is 0 Å². The van der Waals surface area contributed by atoms with Gasteiger partial charge in [-0.25, -0.2) is 0 Å². The van der Waals surface area contributed by atoms with Gasteiger partial charge in [-0.05, 0) is 30.0 Å². The van der Waals surface area contributed by atoms with E-state index in [1.54, 1.807) is 18.9 Å². The Morgan fingerprint density at radius 3 is 2.55 bits per heavy atom. The fourth-order valence-electron chi connectivity index (χ4n) is 3.83. The van der Waals surface area contributed by atoms with Crippen molar-refractivity contribution in [2.45, 2.75) is 36.7 Å². The SMILES string of the molecule is COCCn1c(Cc2ccccc2)nnc1SCc1ccccc1C(=O)N1CCCC1. The lowest BCUT2D eigenvalue weighted by Crippen LogP contribution is -2.28. The van der Waals surface area contributed by atoms with Crippen molar-refractivity contribution in [3.63, 3.8) is 0 Å². The number of amides is 1. The Hall–Kier alpha value is -2.64. The molecule has 6 nitrogen and oxygen atoms in total. The number of thioether (sulfide) groups is 1. The van der Waals surface area contributed by atoms with Gasteiger partial charge in [0.25, 0.3) is 5.91 Å². The molecule has 3 aromatic rings. The molecule has 0 aliphatic carbocycles. The zero-order valence-electron chi connectivity index (χ0n) is 17.9. The van der Waals surface area contributed by atoms with E-state index in [1.807, 2.05) is 47.4 Å². The molecular formula is C24H28N4O2S. The second kappa shape index (κ2) is 10.6. The molecule has 7 heteroatoms. The van der Waals surface area contributed by atoms with Gasteiger partial charge in [0.15, 0.2) is 5.16 Å². The van der Waals surface area contributed by atoms with E-state index in [0.29, 0.717) is 18.9 Å². The number of carbonyl (C=O) groups is 1. The van der Waals surface area contributed by atoms with Crippen LogP contribution in [0.4, 0.5) is 0 Å². The minimum absolute atomic E-state index is 0.138. The van der Waals surface area contributed by atoms with Crippen LogP contribution in [0.1, 0.15) is 40.2 Å². The molecule has 0 spiro atoms. The van der Waals surface area contributed by atoms with Gasteiger partial charge in [0.05, 0.1) is 6.61 Å². The van der Waals surface area contributed by atoms with Gasteiger partial charge in [0, 0.05) is 44.5 Å². The maximum Gasteiger partial charge on any atom is 0.254 e. The van der Waals surface area contributed by atoms with E-state index in [2.05, 4.69) is 26.9 Å². The van der Waals surface area contributed by atoms with E-state index >= 15 is 0 Å². The molecular weight excluding hydrogens is 408 g/mol. The number of nitrogens with zero attached hydrogens (tertiary/aromatic N) is 4. The summed E-state index contributed by atoms with van der Waals surface area (Å²) in [7, 11) is 1.70. The minimum Gasteiger partial charge on any atom is -0.383 e. The van der Waals surface area contributed by atoms with Crippen LogP contribution in [-0.4, -0.2) is 52.4 Å². The normalized spacial score (nSPS) is 13.6. The van der Waals surface area contributed by atoms with Gasteiger partial charge in [-0.15, -0.1) is 10.2 Å². The highest BCUT2D eigenvalue weighted by atomic mass is 32.2. The molecule has 31 heavy (non-hydrogen) atoms. The second-order valence-electron chi connectivity index (χ2n) is 7.65. The van der Waals surface area contributed by atoms with Crippen LogP contribution in [0.3, 0.4) is 0 Å². The number of hydrogen-bond donors (Lipinski definition) is 0. The number of likely N-dealkylation sites (tertiary alicyclic amines) is 1. The topological polar surface area (TPSA) is 60.2 Å². The van der Waals surface area contributed by atoms with Crippen LogP contribution < -0.4 is 0 Å². The Morgan fingerprint density at radius 1 is 1.03 bits per heavy atom. The lowest BCUT2D eigenvalue weighted by molar-refractivity contribution is 0.0792. The molecule has 2 heterocycles. The lowest BCUT2D eigenvalue weighted by Gasteiger charge is -2.17. The van der Waals surface area contributed by atoms with Gasteiger partial charge in [0.2, 0.25) is 0 Å². The first-order chi connectivity index (χ1) is 15.3. The Bertz CT molecular complexity index is 1000. The minimum atomic E-state index is 0.138. The van der Waals surface area contributed by atoms with Gasteiger partial charge in [0.1, 0.15) is 5.82 Å². The molecule has 1 aromatic heterocycles. The maximum absolute atomic E-state index is 13.0. The quantitative estimate of drug-likeness (QED) is 0.474. The summed E-state index contributed by atoms with van der Waals surface area (Å²) < 4.78 is 7.44. The average molecular weight is 437 g/mol. The Balaban J connectivity index is 1.51. The van der Waals surface area contributed by atoms with E-state index in [4.69, 9.17) is 4.74 Å². The van der Waals surface area contributed by atoms with Crippen LogP contribution in [0.5, 0.6) is 0 Å². The summed E-state index contributed by atoms with van der Waals surface area (Å²) in [5.74, 6) is 1.73. The Morgan fingerprint density at radius 2 is 1.77 bits per heavy atom. The number of rotatable bonds is 9. The summed E-state index contributed by atoms with van der Waals surface area (Å²) in [6, 6.07) is 18.2. The van der Waals surface area contributed by atoms with Crippen molar-refractivity contribution >= 4 is 17.7 Å². The highest BCUT2D eigenvalue weighted by Crippen LogP contribution is 2.26. The zero-order valence-corrected chi connectivity index (χ0v) is 18.7. The molecule has 0 atom stereocenters. The van der Waals surface area contributed by atoms with E-state index in [9.17, 15) is 4.79 Å². The van der Waals surface area contributed by atoms with E-state index in [1.165, 1.54) is 5.56 Å². The first-order valence-electron chi connectivity index (χ1n) is 10.7. The van der Waals surface area contributed by atoms with Gasteiger partial charge in [-0.1, -0.05) is 60.3 Å². The number of carbonyl (C=O) groups excluding carboxylic acids is 1. The molecule has 0 N–H and O–H groups in total. The van der Waals surface area contributed by atoms with Crippen molar-refractivity contribution in [1.82, 2.24) is 19.7 Å². The number of aromatic nitrogens is 3. The smallest absolute Gasteiger partial charge is 0.254 e. The maximum atomic E-state index is 13.0. The third-order valence-corrected chi connectivity index (χ3v) is 6.53. The molecule has 0 saturated carbocycles. The highest BCUT2D eigenvalue weighted by molar-refractivity contribution is 7.98. The van der Waals surface area contributed by atoms with Crippen molar-refractivity contribution in [2.24, 2.45) is 0 Å². The predicted octanol–water partition coefficient (Wildman–Crippen LogP) is 4.04. The lowest BCUT2D eigenvalue weighted by atomic mass is 10.1. The van der Waals surface area contributed by atoms with Gasteiger partial charge in [-0.2, -0.15) is 0 Å². The fraction of sp³-hybridized carbons (Fsp3) is 0.375. The van der Waals surface area contributed by atoms with E-state index in [0.717, 1.165) is 54.5 Å². The van der Waals surface area contributed by atoms with E-state index in [-0.39, 0.29) is 5.91 Å². The molecule has 1 aliphatic rings. The van der Waals surface area contributed by atoms with Gasteiger partial charge in [-0.3, -0.25) is 4.79 Å². The van der Waals surface area contributed by atoms with Gasteiger partial charge >= 0.3 is 0 Å². The fourth-order valence-corrected chi connectivity index (χ4v) is 4.82. The monoisotopic (exact) mass is 436 g/mol. The number of hydrogen-bond acceptors (Lipinski definition) is 5. The summed E-state index contributed by atoms with van der Waals surface area (Å²) in [6.07, 6.45) is 2.91. The van der Waals surface area contributed by atoms with Crippen LogP contribution in [0.15, 0.2) is 59.8 Å². The molecule has 1 fully saturated rings. The van der Waals surface area contributed by atoms with Crippen LogP contribution in [0, 0.1) is 0 Å². The van der Waals surface area contributed by atoms with Crippen molar-refractivity contribution in [2.75, 3.05) is 26.8 Å². The van der Waals surface area contributed by atoms with Crippen LogP contribution in [-0.2, 0) is 23.5 Å². The summed E-state index contributed by atoms with van der Waals surface area (Å²) in [5.41, 5.74) is 3.03. The molecule has 162 valence electrons. The van der Waals surface area contributed by atoms with E-state index < -0.39 is 0 Å². The standard InChI is InChI=1S/C24H28N4O2S/c1-30-16-15-28-22(17-19-9-3-2-4-10-19)25-26-24(28)31-18-20-11-5-6-12-21(20)23(29)27-13-7-8-14-27/h2-6,9-12H,7-8,13-18H2,1H3. The predicted molar refractivity (Wildman–Crippen MR) is 122 cm³/mol. The molecule has 2 aromatic carbocycles. The number of ether oxygens (including phenoxy) is 1. The molecule has 1 saturated heterocycles. The Labute approximate surface area is 187 Å². The molecule has 0 unspecified atom stereocenters. The summed E-state index contributed by atoms with van der Waals surface area (Å²) in [4.78, 5) is 14.9. The molecule has 4 rings (SSSR count). The second-order valence-corrected chi connectivity index (χ2v) is 8.59. The van der Waals surface area contributed by atoms with Crippen LogP contribution >= 0.6 is 11.8 Å². The zero-order chi connectivity index (χ0) is 21.5. The molecule has 0 radical (unpaired) electrons. The first kappa shape index (κ1) is 21.6. The average Bonchev–Trinajstić information content (AvgIpc) is 3.47. The summed E-state index contributed by atoms with van der Waals surface area (Å²) in [5, 5.41) is 9.77. The first-order valence-corrected chi connectivity index (χ1v) is 11.7.